The zero-order chi connectivity index (χ0) is 12.1. The van der Waals surface area contributed by atoms with Gasteiger partial charge in [0, 0.05) is 18.3 Å². The third-order valence-corrected chi connectivity index (χ3v) is 2.95. The predicted molar refractivity (Wildman–Crippen MR) is 65.1 cm³/mol. The van der Waals surface area contributed by atoms with E-state index in [1.807, 2.05) is 6.07 Å². The lowest BCUT2D eigenvalue weighted by Gasteiger charge is -2.35. The second-order valence-electron chi connectivity index (χ2n) is 4.22. The Morgan fingerprint density at radius 3 is 3.18 bits per heavy atom. The van der Waals surface area contributed by atoms with Gasteiger partial charge in [-0.2, -0.15) is 0 Å². The van der Waals surface area contributed by atoms with Crippen molar-refractivity contribution in [3.8, 4) is 0 Å². The van der Waals surface area contributed by atoms with E-state index >= 15 is 0 Å². The third-order valence-electron chi connectivity index (χ3n) is 2.95. The number of anilines is 1. The molecule has 2 heterocycles. The van der Waals surface area contributed by atoms with Crippen LogP contribution in [-0.2, 0) is 11.2 Å². The van der Waals surface area contributed by atoms with Crippen LogP contribution < -0.4 is 4.90 Å². The molecule has 2 rings (SSSR count). The highest BCUT2D eigenvalue weighted by Crippen LogP contribution is 2.17. The van der Waals surface area contributed by atoms with E-state index in [1.165, 1.54) is 0 Å². The summed E-state index contributed by atoms with van der Waals surface area (Å²) in [6.45, 7) is 4.24. The van der Waals surface area contributed by atoms with Gasteiger partial charge in [0.15, 0.2) is 0 Å². The molecule has 1 N–H and O–H groups in total. The number of morpholine rings is 1. The van der Waals surface area contributed by atoms with Crippen LogP contribution in [0.4, 0.5) is 5.82 Å². The summed E-state index contributed by atoms with van der Waals surface area (Å²) in [4.78, 5) is 10.6. The number of aryl methyl sites for hydroxylation is 1. The fourth-order valence-corrected chi connectivity index (χ4v) is 2.04. The van der Waals surface area contributed by atoms with E-state index in [2.05, 4.69) is 21.8 Å². The van der Waals surface area contributed by atoms with Crippen molar-refractivity contribution in [1.29, 1.82) is 0 Å². The molecule has 0 amide bonds. The molecule has 1 fully saturated rings. The molecule has 5 nitrogen and oxygen atoms in total. The fraction of sp³-hybridized carbons (Fsp3) is 0.667. The normalized spacial score (nSPS) is 20.6. The third kappa shape index (κ3) is 2.92. The first-order valence-corrected chi connectivity index (χ1v) is 6.11. The van der Waals surface area contributed by atoms with Crippen LogP contribution in [0.5, 0.6) is 0 Å². The van der Waals surface area contributed by atoms with E-state index in [0.717, 1.165) is 30.9 Å². The molecule has 1 atom stereocenters. The molecule has 0 aliphatic carbocycles. The predicted octanol–water partition coefficient (Wildman–Crippen LogP) is 0.627. The minimum Gasteiger partial charge on any atom is -0.394 e. The second-order valence-corrected chi connectivity index (χ2v) is 4.22. The molecule has 0 aromatic carbocycles. The molecular weight excluding hydrogens is 218 g/mol. The average Bonchev–Trinajstić information content (AvgIpc) is 2.39. The topological polar surface area (TPSA) is 58.5 Å². The Hall–Kier alpha value is -1.20. The van der Waals surface area contributed by atoms with E-state index in [9.17, 15) is 5.11 Å². The van der Waals surface area contributed by atoms with E-state index in [4.69, 9.17) is 4.74 Å². The van der Waals surface area contributed by atoms with E-state index in [-0.39, 0.29) is 12.6 Å². The number of hydrogen-bond donors (Lipinski definition) is 1. The minimum absolute atomic E-state index is 0.00752. The first-order valence-electron chi connectivity index (χ1n) is 6.11. The number of ether oxygens (including phenoxy) is 1. The number of nitrogens with zero attached hydrogens (tertiary/aromatic N) is 3. The number of rotatable bonds is 4. The van der Waals surface area contributed by atoms with Gasteiger partial charge in [0.25, 0.3) is 0 Å². The number of hydrogen-bond acceptors (Lipinski definition) is 5. The Balaban J connectivity index is 2.16. The molecule has 1 saturated heterocycles. The smallest absolute Gasteiger partial charge is 0.132 e. The maximum Gasteiger partial charge on any atom is 0.132 e. The van der Waals surface area contributed by atoms with Crippen LogP contribution in [0.15, 0.2) is 12.4 Å². The van der Waals surface area contributed by atoms with Crippen molar-refractivity contribution < 1.29 is 9.84 Å². The first kappa shape index (κ1) is 12.3. The van der Waals surface area contributed by atoms with Crippen LogP contribution in [0.2, 0.25) is 0 Å². The Kier molecular flexibility index (Phi) is 4.28. The second kappa shape index (κ2) is 5.93. The summed E-state index contributed by atoms with van der Waals surface area (Å²) in [5.41, 5.74) is 1.06. The molecule has 5 heteroatoms. The van der Waals surface area contributed by atoms with Crippen LogP contribution in [0.25, 0.3) is 0 Å². The van der Waals surface area contributed by atoms with Crippen molar-refractivity contribution in [3.05, 3.63) is 18.1 Å². The molecule has 0 radical (unpaired) electrons. The summed E-state index contributed by atoms with van der Waals surface area (Å²) in [5.74, 6) is 0.894. The summed E-state index contributed by atoms with van der Waals surface area (Å²) < 4.78 is 5.36. The highest BCUT2D eigenvalue weighted by Gasteiger charge is 2.23. The maximum absolute atomic E-state index is 9.33. The number of aliphatic hydroxyl groups is 1. The molecule has 1 unspecified atom stereocenters. The molecule has 17 heavy (non-hydrogen) atoms. The van der Waals surface area contributed by atoms with Gasteiger partial charge >= 0.3 is 0 Å². The average molecular weight is 237 g/mol. The van der Waals surface area contributed by atoms with Gasteiger partial charge in [-0.15, -0.1) is 0 Å². The molecule has 94 valence electrons. The van der Waals surface area contributed by atoms with E-state index in [1.54, 1.807) is 6.33 Å². The molecule has 1 aliphatic heterocycles. The summed E-state index contributed by atoms with van der Waals surface area (Å²) >= 11 is 0. The van der Waals surface area contributed by atoms with E-state index in [0.29, 0.717) is 13.2 Å². The van der Waals surface area contributed by atoms with Gasteiger partial charge in [0.1, 0.15) is 12.1 Å². The van der Waals surface area contributed by atoms with Crippen molar-refractivity contribution in [2.75, 3.05) is 31.3 Å². The van der Waals surface area contributed by atoms with Crippen LogP contribution in [0.3, 0.4) is 0 Å². The Morgan fingerprint density at radius 2 is 2.41 bits per heavy atom. The standard InChI is InChI=1S/C12H19N3O2/c1-2-3-10-6-12(14-9-13-10)15-4-5-17-8-11(15)7-16/h6,9,11,16H,2-5,7-8H2,1H3. The molecule has 0 bridgehead atoms. The van der Waals surface area contributed by atoms with Gasteiger partial charge in [-0.25, -0.2) is 9.97 Å². The van der Waals surface area contributed by atoms with Crippen molar-refractivity contribution in [3.63, 3.8) is 0 Å². The zero-order valence-corrected chi connectivity index (χ0v) is 10.2. The van der Waals surface area contributed by atoms with Crippen LogP contribution in [0, 0.1) is 0 Å². The largest absolute Gasteiger partial charge is 0.394 e. The SMILES string of the molecule is CCCc1cc(N2CCOCC2CO)ncn1. The molecular formula is C12H19N3O2. The zero-order valence-electron chi connectivity index (χ0n) is 10.2. The Labute approximate surface area is 101 Å². The quantitative estimate of drug-likeness (QED) is 0.832. The Bertz CT molecular complexity index is 359. The summed E-state index contributed by atoms with van der Waals surface area (Å²) in [6.07, 6.45) is 3.64. The van der Waals surface area contributed by atoms with Gasteiger partial charge < -0.3 is 14.7 Å². The summed E-state index contributed by atoms with van der Waals surface area (Å²) in [5, 5.41) is 9.33. The molecule has 1 aliphatic rings. The van der Waals surface area contributed by atoms with Crippen molar-refractivity contribution in [2.45, 2.75) is 25.8 Å². The molecule has 1 aromatic rings. The molecule has 0 saturated carbocycles. The van der Waals surface area contributed by atoms with Crippen LogP contribution >= 0.6 is 0 Å². The highest BCUT2D eigenvalue weighted by atomic mass is 16.5. The number of aliphatic hydroxyl groups excluding tert-OH is 1. The van der Waals surface area contributed by atoms with Gasteiger partial charge in [0.05, 0.1) is 25.9 Å². The fourth-order valence-electron chi connectivity index (χ4n) is 2.04. The van der Waals surface area contributed by atoms with Gasteiger partial charge in [-0.3, -0.25) is 0 Å². The molecule has 0 spiro atoms. The monoisotopic (exact) mass is 237 g/mol. The van der Waals surface area contributed by atoms with Crippen molar-refractivity contribution in [1.82, 2.24) is 9.97 Å². The lowest BCUT2D eigenvalue weighted by Crippen LogP contribution is -2.48. The van der Waals surface area contributed by atoms with Crippen molar-refractivity contribution >= 4 is 5.82 Å². The van der Waals surface area contributed by atoms with E-state index < -0.39 is 0 Å². The first-order chi connectivity index (χ1) is 8.35. The van der Waals surface area contributed by atoms with Crippen LogP contribution in [0.1, 0.15) is 19.0 Å². The lowest BCUT2D eigenvalue weighted by molar-refractivity contribution is 0.0722. The lowest BCUT2D eigenvalue weighted by atomic mass is 10.2. The van der Waals surface area contributed by atoms with Gasteiger partial charge in [-0.05, 0) is 6.42 Å². The van der Waals surface area contributed by atoms with Gasteiger partial charge in [0.2, 0.25) is 0 Å². The van der Waals surface area contributed by atoms with Crippen molar-refractivity contribution in [2.24, 2.45) is 0 Å². The minimum atomic E-state index is 0.00752. The molecule has 1 aromatic heterocycles. The van der Waals surface area contributed by atoms with Crippen LogP contribution in [-0.4, -0.2) is 47.5 Å². The Morgan fingerprint density at radius 1 is 1.53 bits per heavy atom. The van der Waals surface area contributed by atoms with Gasteiger partial charge in [-0.1, -0.05) is 13.3 Å². The maximum atomic E-state index is 9.33. The highest BCUT2D eigenvalue weighted by molar-refractivity contribution is 5.40. The number of aromatic nitrogens is 2. The summed E-state index contributed by atoms with van der Waals surface area (Å²) in [7, 11) is 0. The summed E-state index contributed by atoms with van der Waals surface area (Å²) in [6, 6.07) is 2.02.